The molecule has 0 radical (unpaired) electrons. The van der Waals surface area contributed by atoms with Crippen LogP contribution in [0.3, 0.4) is 0 Å². The van der Waals surface area contributed by atoms with Gasteiger partial charge in [-0.05, 0) is 91.1 Å². The molecular weight excluding hydrogens is 925 g/mol. The van der Waals surface area contributed by atoms with Crippen molar-refractivity contribution in [2.45, 2.75) is 43.2 Å². The maximum atomic E-state index is 13.6. The first-order valence-electron chi connectivity index (χ1n) is 21.8. The highest BCUT2D eigenvalue weighted by molar-refractivity contribution is 7.91. The number of piperidine rings is 1. The Morgan fingerprint density at radius 1 is 0.897 bits per heavy atom. The van der Waals surface area contributed by atoms with Gasteiger partial charge in [-0.15, -0.1) is 0 Å². The number of carbonyl (C=O) groups is 4. The molecule has 1 saturated heterocycles. The summed E-state index contributed by atoms with van der Waals surface area (Å²) in [5.41, 5.74) is 4.71. The number of aromatic hydroxyl groups is 1. The molecule has 8 rings (SSSR count). The van der Waals surface area contributed by atoms with Crippen LogP contribution in [0.4, 0.5) is 4.39 Å². The van der Waals surface area contributed by atoms with Gasteiger partial charge in [0.15, 0.2) is 16.4 Å². The molecule has 0 saturated carbocycles. The number of imide groups is 1. The normalized spacial score (nSPS) is 14.9. The number of fused-ring (bicyclic) bond motifs is 2. The van der Waals surface area contributed by atoms with Crippen LogP contribution in [0, 0.1) is 5.82 Å². The summed E-state index contributed by atoms with van der Waals surface area (Å²) in [6, 6.07) is 21.6. The molecule has 1 unspecified atom stereocenters. The zero-order valence-corrected chi connectivity index (χ0v) is 38.1. The minimum atomic E-state index is -3.72. The number of sulfone groups is 1. The van der Waals surface area contributed by atoms with Gasteiger partial charge in [0.05, 0.1) is 61.3 Å². The first-order valence-corrected chi connectivity index (χ1v) is 23.8. The van der Waals surface area contributed by atoms with Crippen molar-refractivity contribution >= 4 is 56.1 Å². The molecule has 4 heterocycles. The second kappa shape index (κ2) is 21.5. The molecule has 21 heteroatoms. The van der Waals surface area contributed by atoms with Crippen LogP contribution >= 0.6 is 11.6 Å². The van der Waals surface area contributed by atoms with Crippen LogP contribution in [0.1, 0.15) is 39.9 Å². The van der Waals surface area contributed by atoms with Crippen LogP contribution in [0.2, 0.25) is 5.02 Å². The number of carbonyl (C=O) groups excluding carboxylic acids is 4. The molecule has 2 aliphatic rings. The lowest BCUT2D eigenvalue weighted by Gasteiger charge is -2.29. The molecule has 1 fully saturated rings. The van der Waals surface area contributed by atoms with Crippen molar-refractivity contribution in [1.82, 2.24) is 35.3 Å². The Morgan fingerprint density at radius 3 is 2.38 bits per heavy atom. The summed E-state index contributed by atoms with van der Waals surface area (Å²) in [6.07, 6.45) is 1.24. The molecule has 356 valence electrons. The summed E-state index contributed by atoms with van der Waals surface area (Å²) in [6.45, 7) is 1.22. The summed E-state index contributed by atoms with van der Waals surface area (Å²) in [5, 5.41) is 21.6. The average Bonchev–Trinajstić information content (AvgIpc) is 4.00. The first-order chi connectivity index (χ1) is 32.8. The number of aryl methyl sites for hydroxylation is 1. The molecule has 2 aromatic heterocycles. The summed E-state index contributed by atoms with van der Waals surface area (Å²) < 4.78 is 63.4. The van der Waals surface area contributed by atoms with Crippen LogP contribution in [-0.4, -0.2) is 126 Å². The summed E-state index contributed by atoms with van der Waals surface area (Å²) in [5.74, 6) is -1.63. The molecule has 0 spiro atoms. The van der Waals surface area contributed by atoms with Crippen LogP contribution in [-0.2, 0) is 57.8 Å². The lowest BCUT2D eigenvalue weighted by molar-refractivity contribution is -0.137. The van der Waals surface area contributed by atoms with E-state index in [-0.39, 0.29) is 118 Å². The molecular formula is C47H47ClFN7O11S. The average molecular weight is 972 g/mol. The van der Waals surface area contributed by atoms with E-state index in [1.807, 2.05) is 0 Å². The van der Waals surface area contributed by atoms with Gasteiger partial charge in [0, 0.05) is 41.2 Å². The van der Waals surface area contributed by atoms with E-state index in [2.05, 4.69) is 20.6 Å². The van der Waals surface area contributed by atoms with E-state index in [0.29, 0.717) is 62.6 Å². The maximum absolute atomic E-state index is 13.6. The lowest BCUT2D eigenvalue weighted by Crippen LogP contribution is -2.52. The fraction of sp³-hybridized carbons (Fsp3) is 0.319. The summed E-state index contributed by atoms with van der Waals surface area (Å²) >= 11 is 6.16. The van der Waals surface area contributed by atoms with Gasteiger partial charge in [-0.3, -0.25) is 24.5 Å². The van der Waals surface area contributed by atoms with Crippen molar-refractivity contribution < 1.29 is 56.0 Å². The van der Waals surface area contributed by atoms with E-state index in [9.17, 15) is 37.1 Å². The zero-order chi connectivity index (χ0) is 47.8. The molecule has 4 N–H and O–H groups in total. The van der Waals surface area contributed by atoms with Gasteiger partial charge in [-0.2, -0.15) is 9.78 Å². The molecule has 0 aliphatic carbocycles. The SMILES string of the molecule is O=C(COc1ccc2c(c1)CN(C1CCC(=O)NC1=O)C2=O)NCCOCCOCCOCCS(=O)(=O)c1ccc(-c2nn(-c3nc4cc(Cl)ccc4[nH]3)c(O)c2CCc2ccc(F)cc2)cc1. The number of nitrogens with one attached hydrogen (secondary N) is 3. The molecule has 68 heavy (non-hydrogen) atoms. The van der Waals surface area contributed by atoms with Crippen LogP contribution < -0.4 is 15.4 Å². The van der Waals surface area contributed by atoms with Crippen molar-refractivity contribution in [2.75, 3.05) is 58.5 Å². The van der Waals surface area contributed by atoms with Gasteiger partial charge in [0.1, 0.15) is 23.3 Å². The monoisotopic (exact) mass is 971 g/mol. The predicted molar refractivity (Wildman–Crippen MR) is 245 cm³/mol. The third-order valence-corrected chi connectivity index (χ3v) is 13.3. The fourth-order valence-corrected chi connectivity index (χ4v) is 9.08. The van der Waals surface area contributed by atoms with Gasteiger partial charge in [0.2, 0.25) is 23.6 Å². The Bertz CT molecular complexity index is 2930. The predicted octanol–water partition coefficient (Wildman–Crippen LogP) is 4.48. The number of aromatic nitrogens is 4. The van der Waals surface area contributed by atoms with E-state index in [1.54, 1.807) is 60.7 Å². The van der Waals surface area contributed by atoms with Gasteiger partial charge in [0.25, 0.3) is 11.8 Å². The number of ether oxygens (including phenoxy) is 4. The van der Waals surface area contributed by atoms with Gasteiger partial charge in [-0.1, -0.05) is 35.9 Å². The Labute approximate surface area is 394 Å². The molecule has 4 aromatic carbocycles. The van der Waals surface area contributed by atoms with E-state index >= 15 is 0 Å². The highest BCUT2D eigenvalue weighted by Crippen LogP contribution is 2.34. The third-order valence-electron chi connectivity index (χ3n) is 11.3. The number of hydrogen-bond acceptors (Lipinski definition) is 13. The molecule has 4 amide bonds. The Kier molecular flexibility index (Phi) is 15.1. The number of benzene rings is 4. The van der Waals surface area contributed by atoms with Crippen molar-refractivity contribution in [3.63, 3.8) is 0 Å². The van der Waals surface area contributed by atoms with Gasteiger partial charge >= 0.3 is 0 Å². The fourth-order valence-electron chi connectivity index (χ4n) is 7.79. The second-order valence-corrected chi connectivity index (χ2v) is 18.5. The number of aromatic amines is 1. The van der Waals surface area contributed by atoms with Crippen molar-refractivity contribution in [3.05, 3.63) is 118 Å². The number of hydrogen-bond donors (Lipinski definition) is 4. The number of halogens is 2. The van der Waals surface area contributed by atoms with E-state index in [1.165, 1.54) is 33.8 Å². The standard InChI is InChI=1S/C47H47ClFN7O11S/c48-32-6-14-38-39(26-32)52-47(51-38)56-46(61)37(12-3-29-1-7-33(49)8-2-29)43(54-56)30-4-10-35(11-5-30)68(62,63)24-23-66-22-21-65-20-19-64-18-17-50-42(58)28-67-34-9-13-36-31(25-34)27-55(45(36)60)40-15-16-41(57)53-44(40)59/h1-2,4-11,13-14,25-26,40,61H,3,12,15-24,27-28H2,(H,50,58)(H,51,52)(H,53,57,59). The Morgan fingerprint density at radius 2 is 1.63 bits per heavy atom. The minimum absolute atomic E-state index is 0.0583. The quantitative estimate of drug-likeness (QED) is 0.0544. The summed E-state index contributed by atoms with van der Waals surface area (Å²) in [4.78, 5) is 58.2. The Hall–Kier alpha value is -6.71. The molecule has 2 aliphatic heterocycles. The van der Waals surface area contributed by atoms with Crippen molar-refractivity contribution in [1.29, 1.82) is 0 Å². The highest BCUT2D eigenvalue weighted by Gasteiger charge is 2.39. The van der Waals surface area contributed by atoms with E-state index < -0.39 is 21.8 Å². The van der Waals surface area contributed by atoms with Crippen LogP contribution in [0.15, 0.2) is 89.8 Å². The number of imidazole rings is 1. The van der Waals surface area contributed by atoms with Crippen molar-refractivity contribution in [3.8, 4) is 28.8 Å². The topological polar surface area (TPSA) is 233 Å². The summed E-state index contributed by atoms with van der Waals surface area (Å²) in [7, 11) is -3.72. The van der Waals surface area contributed by atoms with Crippen LogP contribution in [0.25, 0.3) is 28.2 Å². The van der Waals surface area contributed by atoms with E-state index in [4.69, 9.17) is 35.6 Å². The smallest absolute Gasteiger partial charge is 0.258 e. The van der Waals surface area contributed by atoms with Crippen molar-refractivity contribution in [2.24, 2.45) is 0 Å². The highest BCUT2D eigenvalue weighted by atomic mass is 35.5. The second-order valence-electron chi connectivity index (χ2n) is 15.9. The third kappa shape index (κ3) is 11.5. The lowest BCUT2D eigenvalue weighted by atomic mass is 10.0. The molecule has 1 atom stereocenters. The van der Waals surface area contributed by atoms with E-state index in [0.717, 1.165) is 5.56 Å². The maximum Gasteiger partial charge on any atom is 0.258 e. The largest absolute Gasteiger partial charge is 0.493 e. The van der Waals surface area contributed by atoms with Gasteiger partial charge in [-0.25, -0.2) is 17.8 Å². The number of rotatable bonds is 22. The minimum Gasteiger partial charge on any atom is -0.493 e. The number of amides is 4. The van der Waals surface area contributed by atoms with Crippen LogP contribution in [0.5, 0.6) is 11.6 Å². The number of H-pyrrole nitrogens is 1. The zero-order valence-electron chi connectivity index (χ0n) is 36.5. The molecule has 0 bridgehead atoms. The first kappa shape index (κ1) is 47.8. The molecule has 6 aromatic rings. The van der Waals surface area contributed by atoms with Gasteiger partial charge < -0.3 is 39.3 Å². The number of nitrogens with zero attached hydrogens (tertiary/aromatic N) is 4. The molecule has 18 nitrogen and oxygen atoms in total. The Balaban J connectivity index is 0.721.